The Labute approximate surface area is 158 Å². The Morgan fingerprint density at radius 2 is 1.52 bits per heavy atom. The Hall–Kier alpha value is -3.40. The first kappa shape index (κ1) is 18.4. The lowest BCUT2D eigenvalue weighted by Gasteiger charge is -2.11. The second-order valence-electron chi connectivity index (χ2n) is 6.59. The molecular weight excluding hydrogens is 336 g/mol. The fraction of sp³-hybridized carbons (Fsp3) is 0.130. The van der Waals surface area contributed by atoms with E-state index in [4.69, 9.17) is 0 Å². The molecule has 0 saturated carbocycles. The highest BCUT2D eigenvalue weighted by Gasteiger charge is 2.04. The lowest BCUT2D eigenvalue weighted by molar-refractivity contribution is -0.121. The van der Waals surface area contributed by atoms with Gasteiger partial charge in [0.05, 0.1) is 6.42 Å². The molecule has 0 radical (unpaired) electrons. The summed E-state index contributed by atoms with van der Waals surface area (Å²) in [6.07, 6.45) is 8.14. The molecule has 27 heavy (non-hydrogen) atoms. The number of carbonyl (C=O) groups is 2. The molecule has 0 aliphatic heterocycles. The van der Waals surface area contributed by atoms with E-state index in [2.05, 4.69) is 4.98 Å². The van der Waals surface area contributed by atoms with Crippen LogP contribution in [0.3, 0.4) is 0 Å². The van der Waals surface area contributed by atoms with Gasteiger partial charge in [-0.2, -0.15) is 0 Å². The number of hydrogen-bond donors (Lipinski definition) is 1. The molecule has 0 aliphatic carbocycles. The molecule has 1 aromatic heterocycles. The van der Waals surface area contributed by atoms with Gasteiger partial charge < -0.3 is 9.88 Å². The number of benzene rings is 2. The smallest absolute Gasteiger partial charge is 0.163 e. The third kappa shape index (κ3) is 5.05. The van der Waals surface area contributed by atoms with E-state index in [1.165, 1.54) is 12.2 Å². The number of aromatic nitrogens is 1. The fourth-order valence-electron chi connectivity index (χ4n) is 2.72. The maximum atomic E-state index is 12.0. The van der Waals surface area contributed by atoms with Gasteiger partial charge in [0.1, 0.15) is 0 Å². The maximum Gasteiger partial charge on any atom is 0.163 e. The quantitative estimate of drug-likeness (QED) is 0.500. The molecule has 1 heterocycles. The summed E-state index contributed by atoms with van der Waals surface area (Å²) < 4.78 is 0. The molecule has 0 bridgehead atoms. The van der Waals surface area contributed by atoms with E-state index < -0.39 is 0 Å². The predicted octanol–water partition coefficient (Wildman–Crippen LogP) is 4.49. The third-order valence-corrected chi connectivity index (χ3v) is 4.26. The van der Waals surface area contributed by atoms with Crippen LogP contribution in [0.2, 0.25) is 0 Å². The summed E-state index contributed by atoms with van der Waals surface area (Å²) in [4.78, 5) is 29.2. The molecule has 0 unspecified atom stereocenters. The van der Waals surface area contributed by atoms with Crippen molar-refractivity contribution in [1.82, 2.24) is 4.98 Å². The van der Waals surface area contributed by atoms with Crippen LogP contribution in [0.4, 0.5) is 5.69 Å². The van der Waals surface area contributed by atoms with Crippen molar-refractivity contribution in [3.63, 3.8) is 0 Å². The van der Waals surface area contributed by atoms with Crippen molar-refractivity contribution >= 4 is 40.3 Å². The highest BCUT2D eigenvalue weighted by Crippen LogP contribution is 2.15. The van der Waals surface area contributed by atoms with Crippen LogP contribution in [0.25, 0.3) is 23.1 Å². The van der Waals surface area contributed by atoms with Crippen molar-refractivity contribution in [3.05, 3.63) is 78.0 Å². The zero-order chi connectivity index (χ0) is 19.2. The molecule has 1 N–H and O–H groups in total. The van der Waals surface area contributed by atoms with Crippen LogP contribution < -0.4 is 4.90 Å². The predicted molar refractivity (Wildman–Crippen MR) is 112 cm³/mol. The lowest BCUT2D eigenvalue weighted by atomic mass is 10.1. The Balaban J connectivity index is 1.55. The minimum absolute atomic E-state index is 0.131. The van der Waals surface area contributed by atoms with E-state index >= 15 is 0 Å². The van der Waals surface area contributed by atoms with Crippen LogP contribution >= 0.6 is 0 Å². The van der Waals surface area contributed by atoms with E-state index in [0.29, 0.717) is 0 Å². The summed E-state index contributed by atoms with van der Waals surface area (Å²) in [6, 6.07) is 15.8. The number of anilines is 1. The minimum Gasteiger partial charge on any atom is -0.378 e. The van der Waals surface area contributed by atoms with Crippen LogP contribution in [0.15, 0.2) is 66.9 Å². The van der Waals surface area contributed by atoms with E-state index in [-0.39, 0.29) is 18.0 Å². The molecule has 0 amide bonds. The maximum absolute atomic E-state index is 12.0. The summed E-state index contributed by atoms with van der Waals surface area (Å²) in [5, 5.41) is 1.12. The molecule has 4 heteroatoms. The normalized spacial score (nSPS) is 11.5. The number of fused-ring (bicyclic) bond motifs is 1. The van der Waals surface area contributed by atoms with Gasteiger partial charge in [0.15, 0.2) is 11.6 Å². The van der Waals surface area contributed by atoms with Gasteiger partial charge in [0.25, 0.3) is 0 Å². The number of aromatic amines is 1. The lowest BCUT2D eigenvalue weighted by Crippen LogP contribution is -2.07. The number of hydrogen-bond acceptors (Lipinski definition) is 3. The number of nitrogens with zero attached hydrogens (tertiary/aromatic N) is 1. The van der Waals surface area contributed by atoms with Crippen LogP contribution in [0, 0.1) is 0 Å². The topological polar surface area (TPSA) is 53.2 Å². The zero-order valence-corrected chi connectivity index (χ0v) is 15.5. The Bertz CT molecular complexity index is 1010. The molecule has 0 saturated heterocycles. The van der Waals surface area contributed by atoms with Gasteiger partial charge in [0.2, 0.25) is 0 Å². The zero-order valence-electron chi connectivity index (χ0n) is 15.5. The molecule has 2 aromatic carbocycles. The molecule has 0 fully saturated rings. The Morgan fingerprint density at radius 1 is 0.889 bits per heavy atom. The second-order valence-corrected chi connectivity index (χ2v) is 6.59. The van der Waals surface area contributed by atoms with Gasteiger partial charge in [-0.3, -0.25) is 9.59 Å². The monoisotopic (exact) mass is 358 g/mol. The van der Waals surface area contributed by atoms with Gasteiger partial charge >= 0.3 is 0 Å². The standard InChI is InChI=1S/C23H22N2O2/c1-25(2)20-9-4-17(5-10-20)6-11-21(26)16-22(27)12-7-18-3-8-19-13-14-24-23(19)15-18/h3-15,24H,16H2,1-2H3. The van der Waals surface area contributed by atoms with Crippen molar-refractivity contribution < 1.29 is 9.59 Å². The Kier molecular flexibility index (Phi) is 5.67. The Morgan fingerprint density at radius 3 is 2.19 bits per heavy atom. The molecule has 0 spiro atoms. The van der Waals surface area contributed by atoms with E-state index in [0.717, 1.165) is 27.7 Å². The number of H-pyrrole nitrogens is 1. The number of rotatable bonds is 7. The van der Waals surface area contributed by atoms with E-state index in [9.17, 15) is 9.59 Å². The average molecular weight is 358 g/mol. The first-order valence-corrected chi connectivity index (χ1v) is 8.77. The van der Waals surface area contributed by atoms with Gasteiger partial charge in [-0.1, -0.05) is 36.4 Å². The first-order chi connectivity index (χ1) is 13.0. The summed E-state index contributed by atoms with van der Waals surface area (Å²) >= 11 is 0. The largest absolute Gasteiger partial charge is 0.378 e. The van der Waals surface area contributed by atoms with Gasteiger partial charge in [0, 0.05) is 31.5 Å². The highest BCUT2D eigenvalue weighted by atomic mass is 16.1. The highest BCUT2D eigenvalue weighted by molar-refractivity contribution is 6.11. The number of allylic oxidation sites excluding steroid dienone is 2. The molecule has 0 aliphatic rings. The van der Waals surface area contributed by atoms with Crippen molar-refractivity contribution in [2.45, 2.75) is 6.42 Å². The number of ketones is 2. The number of carbonyl (C=O) groups excluding carboxylic acids is 2. The van der Waals surface area contributed by atoms with Gasteiger partial charge in [-0.25, -0.2) is 0 Å². The summed E-state index contributed by atoms with van der Waals surface area (Å²) in [6.45, 7) is 0. The van der Waals surface area contributed by atoms with Crippen LogP contribution in [-0.4, -0.2) is 30.6 Å². The SMILES string of the molecule is CN(C)c1ccc(C=CC(=O)CC(=O)C=Cc2ccc3cc[nH]c3c2)cc1. The molecule has 4 nitrogen and oxygen atoms in total. The van der Waals surface area contributed by atoms with E-state index in [1.54, 1.807) is 12.2 Å². The second kappa shape index (κ2) is 8.32. The fourth-order valence-corrected chi connectivity index (χ4v) is 2.72. The van der Waals surface area contributed by atoms with Gasteiger partial charge in [-0.05, 0) is 52.9 Å². The van der Waals surface area contributed by atoms with Crippen LogP contribution in [0.1, 0.15) is 17.5 Å². The molecule has 3 aromatic rings. The molecule has 3 rings (SSSR count). The minimum atomic E-state index is -0.209. The molecule has 136 valence electrons. The summed E-state index contributed by atoms with van der Waals surface area (Å²) in [5.74, 6) is -0.416. The summed E-state index contributed by atoms with van der Waals surface area (Å²) in [5.41, 5.74) is 3.96. The van der Waals surface area contributed by atoms with Crippen molar-refractivity contribution in [2.24, 2.45) is 0 Å². The summed E-state index contributed by atoms with van der Waals surface area (Å²) in [7, 11) is 3.95. The van der Waals surface area contributed by atoms with Crippen molar-refractivity contribution in [2.75, 3.05) is 19.0 Å². The van der Waals surface area contributed by atoms with Crippen LogP contribution in [-0.2, 0) is 9.59 Å². The number of nitrogens with one attached hydrogen (secondary N) is 1. The molecule has 0 atom stereocenters. The third-order valence-electron chi connectivity index (χ3n) is 4.26. The van der Waals surface area contributed by atoms with E-state index in [1.807, 2.05) is 73.7 Å². The van der Waals surface area contributed by atoms with Crippen LogP contribution in [0.5, 0.6) is 0 Å². The average Bonchev–Trinajstić information content (AvgIpc) is 3.13. The van der Waals surface area contributed by atoms with Crippen molar-refractivity contribution in [3.8, 4) is 0 Å². The van der Waals surface area contributed by atoms with Crippen molar-refractivity contribution in [1.29, 1.82) is 0 Å². The van der Waals surface area contributed by atoms with Gasteiger partial charge in [-0.15, -0.1) is 0 Å². The molecular formula is C23H22N2O2. The first-order valence-electron chi connectivity index (χ1n) is 8.77.